The van der Waals surface area contributed by atoms with E-state index in [-0.39, 0.29) is 22.6 Å². The molecule has 2 rings (SSSR count). The first kappa shape index (κ1) is 16.7. The second kappa shape index (κ2) is 6.65. The van der Waals surface area contributed by atoms with Crippen LogP contribution in [-0.2, 0) is 0 Å². The van der Waals surface area contributed by atoms with Gasteiger partial charge in [0, 0.05) is 17.8 Å². The van der Waals surface area contributed by atoms with Crippen LogP contribution in [0.2, 0.25) is 0 Å². The van der Waals surface area contributed by atoms with Gasteiger partial charge in [-0.15, -0.1) is 0 Å². The quantitative estimate of drug-likeness (QED) is 0.893. The Morgan fingerprint density at radius 3 is 2.77 bits per heavy atom. The molecule has 1 aromatic heterocycles. The molecule has 0 radical (unpaired) electrons. The van der Waals surface area contributed by atoms with Gasteiger partial charge in [0.1, 0.15) is 5.56 Å². The van der Waals surface area contributed by atoms with Crippen LogP contribution < -0.4 is 10.9 Å². The van der Waals surface area contributed by atoms with E-state index in [1.54, 1.807) is 19.1 Å². The van der Waals surface area contributed by atoms with E-state index < -0.39 is 0 Å². The lowest BCUT2D eigenvalue weighted by Crippen LogP contribution is -2.55. The zero-order valence-corrected chi connectivity index (χ0v) is 14.0. The number of H-pyrrole nitrogens is 1. The largest absolute Gasteiger partial charge is 0.350 e. The Hall–Kier alpha value is -1.62. The van der Waals surface area contributed by atoms with Gasteiger partial charge in [0.05, 0.1) is 0 Å². The van der Waals surface area contributed by atoms with Gasteiger partial charge in [0.15, 0.2) is 0 Å². The summed E-state index contributed by atoms with van der Waals surface area (Å²) in [5.74, 6) is 0.372. The van der Waals surface area contributed by atoms with Crippen molar-refractivity contribution in [3.8, 4) is 0 Å². The molecule has 0 spiro atoms. The highest BCUT2D eigenvalue weighted by Gasteiger charge is 2.37. The lowest BCUT2D eigenvalue weighted by Gasteiger charge is -2.45. The highest BCUT2D eigenvalue weighted by atomic mass is 16.2. The van der Waals surface area contributed by atoms with Crippen molar-refractivity contribution in [2.45, 2.75) is 45.1 Å². The van der Waals surface area contributed by atoms with Crippen LogP contribution in [0.4, 0.5) is 0 Å². The second-order valence-electron chi connectivity index (χ2n) is 6.89. The molecule has 1 amide bonds. The van der Waals surface area contributed by atoms with Gasteiger partial charge < -0.3 is 15.2 Å². The second-order valence-corrected chi connectivity index (χ2v) is 6.89. The van der Waals surface area contributed by atoms with Crippen molar-refractivity contribution in [3.63, 3.8) is 0 Å². The average molecular weight is 305 g/mol. The molecule has 2 atom stereocenters. The maximum Gasteiger partial charge on any atom is 0.260 e. The van der Waals surface area contributed by atoms with E-state index in [4.69, 9.17) is 0 Å². The molecule has 1 aliphatic rings. The third kappa shape index (κ3) is 3.58. The lowest BCUT2D eigenvalue weighted by molar-refractivity contribution is 0.0674. The molecule has 0 bridgehead atoms. The van der Waals surface area contributed by atoms with Crippen molar-refractivity contribution in [1.82, 2.24) is 15.2 Å². The highest BCUT2D eigenvalue weighted by molar-refractivity contribution is 5.93. The summed E-state index contributed by atoms with van der Waals surface area (Å²) in [5, 5.41) is 2.97. The molecule has 0 unspecified atom stereocenters. The number of nitrogens with one attached hydrogen (secondary N) is 2. The van der Waals surface area contributed by atoms with Crippen LogP contribution in [0.15, 0.2) is 16.9 Å². The van der Waals surface area contributed by atoms with Crippen molar-refractivity contribution >= 4 is 5.91 Å². The zero-order chi connectivity index (χ0) is 16.3. The van der Waals surface area contributed by atoms with Gasteiger partial charge in [-0.05, 0) is 51.9 Å². The number of pyridine rings is 1. The predicted molar refractivity (Wildman–Crippen MR) is 88.2 cm³/mol. The average Bonchev–Trinajstić information content (AvgIpc) is 2.44. The van der Waals surface area contributed by atoms with Crippen molar-refractivity contribution < 1.29 is 4.79 Å². The summed E-state index contributed by atoms with van der Waals surface area (Å²) in [5.41, 5.74) is 0.606. The fraction of sp³-hybridized carbons (Fsp3) is 0.647. The fourth-order valence-corrected chi connectivity index (χ4v) is 3.45. The minimum atomic E-state index is -0.326. The van der Waals surface area contributed by atoms with Crippen molar-refractivity contribution in [2.24, 2.45) is 5.92 Å². The molecule has 1 heterocycles. The number of rotatable bonds is 4. The minimum absolute atomic E-state index is 0.00914. The zero-order valence-electron chi connectivity index (χ0n) is 14.0. The Balaban J connectivity index is 2.09. The number of aromatic nitrogens is 1. The molecule has 122 valence electrons. The molecule has 1 saturated carbocycles. The fourth-order valence-electron chi connectivity index (χ4n) is 3.45. The Kier molecular flexibility index (Phi) is 5.06. The Morgan fingerprint density at radius 1 is 1.45 bits per heavy atom. The van der Waals surface area contributed by atoms with Crippen LogP contribution in [0.1, 0.15) is 48.7 Å². The summed E-state index contributed by atoms with van der Waals surface area (Å²) in [4.78, 5) is 29.1. The van der Waals surface area contributed by atoms with Crippen LogP contribution in [0, 0.1) is 12.8 Å². The standard InChI is InChI=1S/C17H27N3O2/c1-12-6-5-9-17(10-12,20(3)4)11-18-15(21)14-8-7-13(2)19-16(14)22/h7-8,12H,5-6,9-11H2,1-4H3,(H,18,21)(H,19,22)/t12-,17+/m0/s1. The number of amides is 1. The number of hydrogen-bond donors (Lipinski definition) is 2. The van der Waals surface area contributed by atoms with E-state index >= 15 is 0 Å². The molecule has 5 nitrogen and oxygen atoms in total. The smallest absolute Gasteiger partial charge is 0.260 e. The van der Waals surface area contributed by atoms with Crippen molar-refractivity contribution in [3.05, 3.63) is 33.7 Å². The number of hydrogen-bond acceptors (Lipinski definition) is 3. The van der Waals surface area contributed by atoms with E-state index in [0.29, 0.717) is 12.5 Å². The first-order valence-corrected chi connectivity index (χ1v) is 8.00. The van der Waals surface area contributed by atoms with Crippen molar-refractivity contribution in [1.29, 1.82) is 0 Å². The molecule has 1 aromatic rings. The van der Waals surface area contributed by atoms with Gasteiger partial charge in [0.2, 0.25) is 0 Å². The SMILES string of the molecule is Cc1ccc(C(=O)NC[C@@]2(N(C)C)CCC[C@H](C)C2)c(=O)[nH]1. The Morgan fingerprint density at radius 2 is 2.18 bits per heavy atom. The van der Waals surface area contributed by atoms with Crippen LogP contribution in [0.3, 0.4) is 0 Å². The molecule has 1 aliphatic carbocycles. The number of nitrogens with zero attached hydrogens (tertiary/aromatic N) is 1. The van der Waals surface area contributed by atoms with E-state index in [0.717, 1.165) is 18.5 Å². The molecule has 0 aromatic carbocycles. The summed E-state index contributed by atoms with van der Waals surface area (Å²) < 4.78 is 0. The highest BCUT2D eigenvalue weighted by Crippen LogP contribution is 2.35. The summed E-state index contributed by atoms with van der Waals surface area (Å²) in [6, 6.07) is 3.34. The van der Waals surface area contributed by atoms with Crippen molar-refractivity contribution in [2.75, 3.05) is 20.6 Å². The maximum absolute atomic E-state index is 12.3. The molecule has 0 aliphatic heterocycles. The monoisotopic (exact) mass is 305 g/mol. The van der Waals surface area contributed by atoms with Gasteiger partial charge in [0.25, 0.3) is 11.5 Å². The number of aryl methyl sites for hydroxylation is 1. The predicted octanol–water partition coefficient (Wildman–Crippen LogP) is 1.92. The Labute approximate surface area is 132 Å². The Bertz CT molecular complexity index is 594. The molecule has 5 heteroatoms. The van der Waals surface area contributed by atoms with Gasteiger partial charge >= 0.3 is 0 Å². The summed E-state index contributed by atoms with van der Waals surface area (Å²) in [7, 11) is 4.14. The molecule has 1 fully saturated rings. The topological polar surface area (TPSA) is 65.2 Å². The molecule has 22 heavy (non-hydrogen) atoms. The third-order valence-electron chi connectivity index (χ3n) is 4.89. The third-order valence-corrected chi connectivity index (χ3v) is 4.89. The van der Waals surface area contributed by atoms with Crippen LogP contribution in [0.5, 0.6) is 0 Å². The van der Waals surface area contributed by atoms with Gasteiger partial charge in [-0.3, -0.25) is 9.59 Å². The number of likely N-dealkylation sites (N-methyl/N-ethyl adjacent to an activating group) is 1. The van der Waals surface area contributed by atoms with E-state index in [9.17, 15) is 9.59 Å². The number of aromatic amines is 1. The first-order valence-electron chi connectivity index (χ1n) is 8.00. The first-order chi connectivity index (χ1) is 10.3. The summed E-state index contributed by atoms with van der Waals surface area (Å²) in [6.07, 6.45) is 4.58. The maximum atomic E-state index is 12.3. The van der Waals surface area contributed by atoms with Crippen LogP contribution in [-0.4, -0.2) is 42.0 Å². The van der Waals surface area contributed by atoms with Gasteiger partial charge in [-0.1, -0.05) is 19.8 Å². The van der Waals surface area contributed by atoms with E-state index in [1.165, 1.54) is 12.8 Å². The van der Waals surface area contributed by atoms with E-state index in [2.05, 4.69) is 36.2 Å². The molecular weight excluding hydrogens is 278 g/mol. The lowest BCUT2D eigenvalue weighted by atomic mass is 9.75. The van der Waals surface area contributed by atoms with Crippen LogP contribution in [0.25, 0.3) is 0 Å². The summed E-state index contributed by atoms with van der Waals surface area (Å²) >= 11 is 0. The van der Waals surface area contributed by atoms with Gasteiger partial charge in [-0.2, -0.15) is 0 Å². The molecule has 0 saturated heterocycles. The van der Waals surface area contributed by atoms with Crippen LogP contribution >= 0.6 is 0 Å². The number of carbonyl (C=O) groups is 1. The summed E-state index contributed by atoms with van der Waals surface area (Å²) in [6.45, 7) is 4.65. The minimum Gasteiger partial charge on any atom is -0.350 e. The van der Waals surface area contributed by atoms with Gasteiger partial charge in [-0.25, -0.2) is 0 Å². The normalized spacial score (nSPS) is 25.2. The number of carbonyl (C=O) groups excluding carboxylic acids is 1. The molecule has 2 N–H and O–H groups in total. The van der Waals surface area contributed by atoms with E-state index in [1.807, 2.05) is 0 Å². The molecular formula is C17H27N3O2.